The molecule has 5 atom stereocenters. The van der Waals surface area contributed by atoms with Gasteiger partial charge in [-0.2, -0.15) is 0 Å². The van der Waals surface area contributed by atoms with Crippen LogP contribution in [0.2, 0.25) is 10.0 Å². The zero-order valence-electron chi connectivity index (χ0n) is 19.5. The first-order chi connectivity index (χ1) is 16.8. The second-order valence-corrected chi connectivity index (χ2v) is 10.4. The number of hydrogen-bond donors (Lipinski definition) is 2. The molecule has 0 spiro atoms. The van der Waals surface area contributed by atoms with Gasteiger partial charge in [0.1, 0.15) is 11.5 Å². The average Bonchev–Trinajstić information content (AvgIpc) is 3.53. The van der Waals surface area contributed by atoms with E-state index in [-0.39, 0.29) is 22.9 Å². The number of methoxy groups -OCH3 is 2. The number of carbonyl (C=O) groups is 1. The fraction of sp³-hybridized carbons (Fsp3) is 0.346. The second-order valence-electron chi connectivity index (χ2n) is 9.61. The van der Waals surface area contributed by atoms with E-state index in [9.17, 15) is 4.79 Å². The molecule has 0 aliphatic heterocycles. The zero-order chi connectivity index (χ0) is 24.7. The Morgan fingerprint density at radius 1 is 1.20 bits per heavy atom. The third-order valence-corrected chi connectivity index (χ3v) is 9.06. The van der Waals surface area contributed by atoms with Crippen molar-refractivity contribution in [2.45, 2.75) is 24.9 Å². The van der Waals surface area contributed by atoms with Crippen LogP contribution in [0.1, 0.15) is 13.3 Å². The fourth-order valence-corrected chi connectivity index (χ4v) is 7.24. The highest BCUT2D eigenvalue weighted by atomic mass is 35.5. The van der Waals surface area contributed by atoms with Gasteiger partial charge in [-0.05, 0) is 42.0 Å². The van der Waals surface area contributed by atoms with Crippen molar-refractivity contribution in [3.05, 3.63) is 53.2 Å². The maximum atomic E-state index is 12.0. The molecule has 4 aliphatic rings. The summed E-state index contributed by atoms with van der Waals surface area (Å²) in [6.45, 7) is 5.85. The lowest BCUT2D eigenvalue weighted by Crippen LogP contribution is -2.49. The van der Waals surface area contributed by atoms with Crippen molar-refractivity contribution in [3.8, 4) is 22.6 Å². The lowest BCUT2D eigenvalue weighted by atomic mass is 9.98. The van der Waals surface area contributed by atoms with Crippen LogP contribution >= 0.6 is 23.2 Å². The van der Waals surface area contributed by atoms with Crippen LogP contribution in [-0.2, 0) is 4.79 Å². The summed E-state index contributed by atoms with van der Waals surface area (Å²) in [5, 5.41) is 8.33. The van der Waals surface area contributed by atoms with Gasteiger partial charge in [-0.15, -0.1) is 0 Å². The standard InChI is InChI=1S/C26H24Cl2N4O3/c1-5-19(33)31-18-9-14-23-25(14,2)26(18,23)32-24-29-11-13-8-12(6-7-15(13)30-24)20-21(27)16(34-3)10-17(35-4)22(20)28/h5-8,10-11,14,18,23H,1,9H2,2-4H3,(H,31,33)(H,29,30,32)/t14-,18-,23+,25-,26+/m0/s1. The van der Waals surface area contributed by atoms with E-state index in [1.54, 1.807) is 26.5 Å². The molecule has 7 nitrogen and oxygen atoms in total. The number of benzene rings is 2. The van der Waals surface area contributed by atoms with E-state index < -0.39 is 0 Å². The summed E-state index contributed by atoms with van der Waals surface area (Å²) >= 11 is 13.2. The fourth-order valence-electron chi connectivity index (χ4n) is 6.52. The van der Waals surface area contributed by atoms with E-state index in [4.69, 9.17) is 37.7 Å². The van der Waals surface area contributed by atoms with Crippen molar-refractivity contribution in [2.75, 3.05) is 19.5 Å². The maximum absolute atomic E-state index is 12.0. The van der Waals surface area contributed by atoms with Crippen LogP contribution in [0.3, 0.4) is 0 Å². The molecule has 0 unspecified atom stereocenters. The van der Waals surface area contributed by atoms with Crippen LogP contribution in [0.5, 0.6) is 11.5 Å². The summed E-state index contributed by atoms with van der Waals surface area (Å²) in [4.78, 5) is 21.3. The third kappa shape index (κ3) is 2.88. The molecule has 7 rings (SSSR count). The molecule has 4 fully saturated rings. The van der Waals surface area contributed by atoms with Gasteiger partial charge in [-0.1, -0.05) is 42.8 Å². The Balaban J connectivity index is 1.32. The van der Waals surface area contributed by atoms with Crippen molar-refractivity contribution < 1.29 is 14.3 Å². The number of halogens is 2. The van der Waals surface area contributed by atoms with Gasteiger partial charge in [0, 0.05) is 28.6 Å². The topological polar surface area (TPSA) is 85.4 Å². The monoisotopic (exact) mass is 510 g/mol. The number of anilines is 1. The summed E-state index contributed by atoms with van der Waals surface area (Å²) in [6.07, 6.45) is 4.07. The molecule has 1 heterocycles. The molecular formula is C26H24Cl2N4O3. The number of aromatic nitrogens is 2. The zero-order valence-corrected chi connectivity index (χ0v) is 21.0. The number of nitrogens with zero attached hydrogens (tertiary/aromatic N) is 2. The average molecular weight is 511 g/mol. The van der Waals surface area contributed by atoms with E-state index in [0.29, 0.717) is 44.9 Å². The smallest absolute Gasteiger partial charge is 0.243 e. The van der Waals surface area contributed by atoms with Crippen molar-refractivity contribution in [2.24, 2.45) is 17.3 Å². The molecule has 0 radical (unpaired) electrons. The largest absolute Gasteiger partial charge is 0.495 e. The number of carbonyl (C=O) groups excluding carboxylic acids is 1. The molecular weight excluding hydrogens is 487 g/mol. The Bertz CT molecular complexity index is 1400. The van der Waals surface area contributed by atoms with Gasteiger partial charge in [0.25, 0.3) is 0 Å². The molecule has 4 aliphatic carbocycles. The lowest BCUT2D eigenvalue weighted by molar-refractivity contribution is -0.117. The SMILES string of the molecule is C=CC(=O)N[C@H]1C[C@H]2[C@@H]3[C@@]2(C)[C@@]13Nc1ncc2cc(-c3c(Cl)c(OC)cc(OC)c3Cl)ccc2n1. The number of rotatable bonds is 7. The minimum Gasteiger partial charge on any atom is -0.495 e. The van der Waals surface area contributed by atoms with E-state index >= 15 is 0 Å². The molecule has 35 heavy (non-hydrogen) atoms. The lowest BCUT2D eigenvalue weighted by Gasteiger charge is -2.28. The molecule has 2 N–H and O–H groups in total. The number of ether oxygens (including phenoxy) is 2. The predicted molar refractivity (Wildman–Crippen MR) is 136 cm³/mol. The molecule has 2 bridgehead atoms. The first-order valence-corrected chi connectivity index (χ1v) is 12.1. The molecule has 180 valence electrons. The Morgan fingerprint density at radius 3 is 2.51 bits per heavy atom. The van der Waals surface area contributed by atoms with E-state index in [1.807, 2.05) is 18.2 Å². The number of amides is 1. The molecule has 1 aromatic heterocycles. The van der Waals surface area contributed by atoms with Gasteiger partial charge in [0.15, 0.2) is 0 Å². The molecule has 9 heteroatoms. The molecule has 3 aromatic rings. The Labute approximate surface area is 212 Å². The van der Waals surface area contributed by atoms with E-state index in [0.717, 1.165) is 22.9 Å². The van der Waals surface area contributed by atoms with Gasteiger partial charge in [0.05, 0.1) is 41.4 Å². The first-order valence-electron chi connectivity index (χ1n) is 11.4. The highest BCUT2D eigenvalue weighted by Crippen LogP contribution is 2.93. The van der Waals surface area contributed by atoms with Gasteiger partial charge >= 0.3 is 0 Å². The van der Waals surface area contributed by atoms with Crippen LogP contribution < -0.4 is 20.1 Å². The van der Waals surface area contributed by atoms with Gasteiger partial charge in [0.2, 0.25) is 11.9 Å². The number of hydrogen-bond acceptors (Lipinski definition) is 6. The third-order valence-electron chi connectivity index (χ3n) is 8.31. The normalized spacial score (nSPS) is 29.3. The molecule has 0 saturated heterocycles. The minimum atomic E-state index is -0.192. The molecule has 4 saturated carbocycles. The van der Waals surface area contributed by atoms with Gasteiger partial charge < -0.3 is 20.1 Å². The second kappa shape index (κ2) is 7.48. The number of nitrogens with one attached hydrogen (secondary N) is 2. The maximum Gasteiger partial charge on any atom is 0.243 e. The van der Waals surface area contributed by atoms with Crippen LogP contribution in [0.15, 0.2) is 43.1 Å². The first kappa shape index (κ1) is 22.4. The number of fused-ring (bicyclic) bond motifs is 2. The summed E-state index contributed by atoms with van der Waals surface area (Å²) in [7, 11) is 3.09. The predicted octanol–water partition coefficient (Wildman–Crippen LogP) is 5.11. The highest BCUT2D eigenvalue weighted by molar-refractivity contribution is 6.41. The van der Waals surface area contributed by atoms with Crippen molar-refractivity contribution in [1.29, 1.82) is 0 Å². The highest BCUT2D eigenvalue weighted by Gasteiger charge is 2.99. The summed E-state index contributed by atoms with van der Waals surface area (Å²) in [6, 6.07) is 7.48. The van der Waals surface area contributed by atoms with Crippen molar-refractivity contribution >= 4 is 46.0 Å². The summed E-state index contributed by atoms with van der Waals surface area (Å²) in [5.74, 6) is 2.54. The molecule has 1 amide bonds. The van der Waals surface area contributed by atoms with Crippen LogP contribution in [0.4, 0.5) is 5.95 Å². The minimum absolute atomic E-state index is 0.0435. The van der Waals surface area contributed by atoms with Crippen molar-refractivity contribution in [1.82, 2.24) is 15.3 Å². The Morgan fingerprint density at radius 2 is 1.89 bits per heavy atom. The summed E-state index contributed by atoms with van der Waals surface area (Å²) < 4.78 is 10.8. The van der Waals surface area contributed by atoms with Crippen molar-refractivity contribution in [3.63, 3.8) is 0 Å². The van der Waals surface area contributed by atoms with E-state index in [1.165, 1.54) is 6.08 Å². The van der Waals surface area contributed by atoms with Crippen LogP contribution in [-0.4, -0.2) is 41.7 Å². The summed E-state index contributed by atoms with van der Waals surface area (Å²) in [5.41, 5.74) is 2.20. The molecule has 2 aromatic carbocycles. The Hall–Kier alpha value is -3.03. The van der Waals surface area contributed by atoms with E-state index in [2.05, 4.69) is 29.1 Å². The van der Waals surface area contributed by atoms with Crippen LogP contribution in [0, 0.1) is 17.3 Å². The van der Waals surface area contributed by atoms with Crippen LogP contribution in [0.25, 0.3) is 22.0 Å². The van der Waals surface area contributed by atoms with Gasteiger partial charge in [-0.25, -0.2) is 9.97 Å². The van der Waals surface area contributed by atoms with Gasteiger partial charge in [-0.3, -0.25) is 4.79 Å². The Kier molecular flexibility index (Phi) is 4.80. The quantitative estimate of drug-likeness (QED) is 0.429.